The van der Waals surface area contributed by atoms with Crippen molar-refractivity contribution in [2.45, 2.75) is 58.7 Å². The standard InChI is InChI=1S/C15H25N3O2S/c1-9-8-21-12(16-9)10(2)17-13(19)18-11-7-15(5,20-6)14(11,3)4/h8,10-11H,7H2,1-6H3,(H2,17,18,19)/t10-,11+,15+/m0/s1. The molecule has 1 aliphatic rings. The maximum atomic E-state index is 12.1. The second kappa shape index (κ2) is 5.57. The fraction of sp³-hybridized carbons (Fsp3) is 0.733. The van der Waals surface area contributed by atoms with Crippen LogP contribution in [0.1, 0.15) is 50.9 Å². The Morgan fingerprint density at radius 3 is 2.67 bits per heavy atom. The molecule has 0 aliphatic heterocycles. The van der Waals surface area contributed by atoms with Gasteiger partial charge in [0.2, 0.25) is 0 Å². The van der Waals surface area contributed by atoms with Gasteiger partial charge in [-0.15, -0.1) is 11.3 Å². The highest BCUT2D eigenvalue weighted by Crippen LogP contribution is 2.51. The molecule has 21 heavy (non-hydrogen) atoms. The van der Waals surface area contributed by atoms with Crippen LogP contribution in [0, 0.1) is 12.3 Å². The number of methoxy groups -OCH3 is 1. The summed E-state index contributed by atoms with van der Waals surface area (Å²) in [6.07, 6.45) is 0.828. The summed E-state index contributed by atoms with van der Waals surface area (Å²) < 4.78 is 5.57. The molecule has 5 nitrogen and oxygen atoms in total. The van der Waals surface area contributed by atoms with Gasteiger partial charge in [-0.3, -0.25) is 0 Å². The Hall–Kier alpha value is -1.14. The fourth-order valence-corrected chi connectivity index (χ4v) is 3.56. The number of carbonyl (C=O) groups excluding carboxylic acids is 1. The third kappa shape index (κ3) is 2.92. The zero-order valence-electron chi connectivity index (χ0n) is 13.6. The van der Waals surface area contributed by atoms with Gasteiger partial charge < -0.3 is 15.4 Å². The van der Waals surface area contributed by atoms with Gasteiger partial charge in [0.1, 0.15) is 5.01 Å². The van der Waals surface area contributed by atoms with E-state index in [9.17, 15) is 4.79 Å². The van der Waals surface area contributed by atoms with Crippen molar-refractivity contribution in [1.82, 2.24) is 15.6 Å². The smallest absolute Gasteiger partial charge is 0.315 e. The Morgan fingerprint density at radius 1 is 1.52 bits per heavy atom. The molecular weight excluding hydrogens is 286 g/mol. The molecule has 2 N–H and O–H groups in total. The Labute approximate surface area is 130 Å². The molecule has 2 amide bonds. The molecule has 1 aromatic heterocycles. The van der Waals surface area contributed by atoms with Crippen molar-refractivity contribution < 1.29 is 9.53 Å². The maximum Gasteiger partial charge on any atom is 0.315 e. The van der Waals surface area contributed by atoms with Crippen molar-refractivity contribution in [3.05, 3.63) is 16.1 Å². The average molecular weight is 311 g/mol. The molecular formula is C15H25N3O2S. The van der Waals surface area contributed by atoms with E-state index in [2.05, 4.69) is 36.4 Å². The molecule has 1 fully saturated rings. The molecule has 0 spiro atoms. The van der Waals surface area contributed by atoms with Crippen LogP contribution < -0.4 is 10.6 Å². The van der Waals surface area contributed by atoms with Gasteiger partial charge in [-0.25, -0.2) is 9.78 Å². The number of aromatic nitrogens is 1. The van der Waals surface area contributed by atoms with E-state index in [-0.39, 0.29) is 29.1 Å². The van der Waals surface area contributed by atoms with Crippen LogP contribution in [0.5, 0.6) is 0 Å². The van der Waals surface area contributed by atoms with Gasteiger partial charge >= 0.3 is 6.03 Å². The predicted octanol–water partition coefficient (Wildman–Crippen LogP) is 3.02. The van der Waals surface area contributed by atoms with E-state index in [0.717, 1.165) is 17.1 Å². The van der Waals surface area contributed by atoms with Crippen molar-refractivity contribution in [1.29, 1.82) is 0 Å². The highest BCUT2D eigenvalue weighted by molar-refractivity contribution is 7.09. The number of amides is 2. The molecule has 0 saturated heterocycles. The molecule has 118 valence electrons. The molecule has 1 saturated carbocycles. The van der Waals surface area contributed by atoms with E-state index in [4.69, 9.17) is 4.74 Å². The molecule has 3 atom stereocenters. The minimum Gasteiger partial charge on any atom is -0.378 e. The Morgan fingerprint density at radius 2 is 2.19 bits per heavy atom. The first kappa shape index (κ1) is 16.2. The summed E-state index contributed by atoms with van der Waals surface area (Å²) >= 11 is 1.57. The highest BCUT2D eigenvalue weighted by Gasteiger charge is 2.58. The number of rotatable bonds is 4. The summed E-state index contributed by atoms with van der Waals surface area (Å²) in [5.41, 5.74) is 0.725. The highest BCUT2D eigenvalue weighted by atomic mass is 32.1. The Balaban J connectivity index is 1.89. The monoisotopic (exact) mass is 311 g/mol. The number of thiazole rings is 1. The van der Waals surface area contributed by atoms with Gasteiger partial charge in [-0.05, 0) is 27.2 Å². The van der Waals surface area contributed by atoms with Gasteiger partial charge in [0.05, 0.1) is 11.6 Å². The number of ether oxygens (including phenoxy) is 1. The minimum absolute atomic E-state index is 0.0827. The zero-order valence-corrected chi connectivity index (χ0v) is 14.4. The molecule has 0 radical (unpaired) electrons. The minimum atomic E-state index is -0.178. The predicted molar refractivity (Wildman–Crippen MR) is 84.5 cm³/mol. The summed E-state index contributed by atoms with van der Waals surface area (Å²) in [6, 6.07) is -0.111. The Kier molecular flexibility index (Phi) is 4.31. The molecule has 1 aromatic rings. The number of carbonyl (C=O) groups is 1. The normalized spacial score (nSPS) is 28.6. The van der Waals surface area contributed by atoms with Crippen molar-refractivity contribution in [3.8, 4) is 0 Å². The van der Waals surface area contributed by atoms with Crippen LogP contribution in [0.15, 0.2) is 5.38 Å². The number of hydrogen-bond donors (Lipinski definition) is 2. The second-order valence-corrected chi connectivity index (χ2v) is 7.47. The molecule has 0 unspecified atom stereocenters. The lowest BCUT2D eigenvalue weighted by molar-refractivity contribution is -0.177. The number of nitrogens with one attached hydrogen (secondary N) is 2. The SMILES string of the molecule is CO[C@]1(C)C[C@@H](NC(=O)N[C@@H](C)c2nc(C)cs2)C1(C)C. The average Bonchev–Trinajstić information content (AvgIpc) is 2.84. The van der Waals surface area contributed by atoms with Crippen molar-refractivity contribution >= 4 is 17.4 Å². The topological polar surface area (TPSA) is 63.2 Å². The lowest BCUT2D eigenvalue weighted by Gasteiger charge is -2.59. The summed E-state index contributed by atoms with van der Waals surface area (Å²) in [7, 11) is 1.73. The number of aryl methyl sites for hydroxylation is 1. The first-order valence-electron chi connectivity index (χ1n) is 7.24. The maximum absolute atomic E-state index is 12.1. The van der Waals surface area contributed by atoms with E-state index in [1.54, 1.807) is 18.4 Å². The van der Waals surface area contributed by atoms with E-state index < -0.39 is 0 Å². The van der Waals surface area contributed by atoms with Gasteiger partial charge in [0, 0.05) is 29.6 Å². The second-order valence-electron chi connectivity index (χ2n) is 6.58. The zero-order chi connectivity index (χ0) is 15.8. The van der Waals surface area contributed by atoms with E-state index >= 15 is 0 Å². The van der Waals surface area contributed by atoms with Crippen molar-refractivity contribution in [2.24, 2.45) is 5.41 Å². The quantitative estimate of drug-likeness (QED) is 0.898. The Bertz CT molecular complexity index is 529. The number of hydrogen-bond acceptors (Lipinski definition) is 4. The van der Waals surface area contributed by atoms with Crippen LogP contribution in [-0.2, 0) is 4.74 Å². The van der Waals surface area contributed by atoms with Crippen LogP contribution in [0.4, 0.5) is 4.79 Å². The van der Waals surface area contributed by atoms with Crippen LogP contribution in [0.3, 0.4) is 0 Å². The first-order chi connectivity index (χ1) is 9.69. The third-order valence-electron chi connectivity index (χ3n) is 4.94. The number of nitrogens with zero attached hydrogens (tertiary/aromatic N) is 1. The van der Waals surface area contributed by atoms with Gasteiger partial charge in [0.25, 0.3) is 0 Å². The van der Waals surface area contributed by atoms with Crippen LogP contribution >= 0.6 is 11.3 Å². The molecule has 0 bridgehead atoms. The summed E-state index contributed by atoms with van der Waals surface area (Å²) in [5.74, 6) is 0. The van der Waals surface area contributed by atoms with E-state index in [1.807, 2.05) is 19.2 Å². The van der Waals surface area contributed by atoms with E-state index in [1.165, 1.54) is 0 Å². The summed E-state index contributed by atoms with van der Waals surface area (Å²) in [4.78, 5) is 16.5. The van der Waals surface area contributed by atoms with Gasteiger partial charge in [-0.2, -0.15) is 0 Å². The van der Waals surface area contributed by atoms with Gasteiger partial charge in [0.15, 0.2) is 0 Å². The van der Waals surface area contributed by atoms with Crippen LogP contribution in [0.25, 0.3) is 0 Å². The van der Waals surface area contributed by atoms with E-state index in [0.29, 0.717) is 0 Å². The first-order valence-corrected chi connectivity index (χ1v) is 8.12. The molecule has 1 heterocycles. The molecule has 6 heteroatoms. The summed E-state index contributed by atoms with van der Waals surface area (Å²) in [5, 5.41) is 8.92. The van der Waals surface area contributed by atoms with Crippen molar-refractivity contribution in [2.75, 3.05) is 7.11 Å². The third-order valence-corrected chi connectivity index (χ3v) is 6.08. The summed E-state index contributed by atoms with van der Waals surface area (Å²) in [6.45, 7) is 10.2. The molecule has 2 rings (SSSR count). The van der Waals surface area contributed by atoms with Crippen LogP contribution in [-0.4, -0.2) is 29.8 Å². The lowest BCUT2D eigenvalue weighted by atomic mass is 9.56. The molecule has 0 aromatic carbocycles. The fourth-order valence-electron chi connectivity index (χ4n) is 2.75. The largest absolute Gasteiger partial charge is 0.378 e. The number of urea groups is 1. The van der Waals surface area contributed by atoms with Crippen molar-refractivity contribution in [3.63, 3.8) is 0 Å². The van der Waals surface area contributed by atoms with Crippen LogP contribution in [0.2, 0.25) is 0 Å². The lowest BCUT2D eigenvalue weighted by Crippen LogP contribution is -2.69. The van der Waals surface area contributed by atoms with Gasteiger partial charge in [-0.1, -0.05) is 13.8 Å². The molecule has 1 aliphatic carbocycles.